The molecule has 2 aromatic rings. The molecule has 0 atom stereocenters. The number of rotatable bonds is 3. The molecule has 0 spiro atoms. The molecule has 5 nitrogen and oxygen atoms in total. The Bertz CT molecular complexity index is 534. The molecule has 0 unspecified atom stereocenters. The van der Waals surface area contributed by atoms with Crippen LogP contribution in [0.25, 0.3) is 10.9 Å². The molecule has 7 heteroatoms. The summed E-state index contributed by atoms with van der Waals surface area (Å²) in [6.07, 6.45) is 4.91. The molecule has 0 bridgehead atoms. The SMILES string of the molecule is CS(C)(O[Cl+3]([O-])([O-])[O-])c1c[nH]c2ccccc12. The smallest absolute Gasteiger partial charge is 0.125 e. The first-order valence-corrected chi connectivity index (χ1v) is 8.32. The van der Waals surface area contributed by atoms with Crippen LogP contribution < -0.4 is 14.0 Å². The summed E-state index contributed by atoms with van der Waals surface area (Å²) in [5, 5.41) is 0.867. The number of hydrogen-bond acceptors (Lipinski definition) is 4. The zero-order chi connectivity index (χ0) is 12.7. The second-order valence-electron chi connectivity index (χ2n) is 3.87. The standard InChI is InChI=1S/C10H12ClNO4S/c1-17(2,16-11(13,14)15)10-7-12-9-6-4-3-5-8(9)10/h3-7,12H,1-2H3. The zero-order valence-corrected chi connectivity index (χ0v) is 10.9. The number of halogens is 1. The minimum atomic E-state index is -4.42. The van der Waals surface area contributed by atoms with Gasteiger partial charge in [-0.1, -0.05) is 18.2 Å². The highest BCUT2D eigenvalue weighted by molar-refractivity contribution is 8.28. The first kappa shape index (κ1) is 12.7. The monoisotopic (exact) mass is 277 g/mol. The molecule has 0 aliphatic heterocycles. The molecular formula is C10H12ClNO4S. The van der Waals surface area contributed by atoms with Crippen LogP contribution in [0.1, 0.15) is 0 Å². The van der Waals surface area contributed by atoms with E-state index in [0.717, 1.165) is 10.9 Å². The van der Waals surface area contributed by atoms with Gasteiger partial charge in [0.05, 0.1) is 15.1 Å². The van der Waals surface area contributed by atoms with E-state index < -0.39 is 20.6 Å². The van der Waals surface area contributed by atoms with Gasteiger partial charge in [-0.05, 0) is 6.07 Å². The number of hydrogen-bond donors (Lipinski definition) is 1. The Morgan fingerprint density at radius 2 is 1.82 bits per heavy atom. The predicted octanol–water partition coefficient (Wildman–Crippen LogP) is -0.580. The van der Waals surface area contributed by atoms with E-state index >= 15 is 0 Å². The fourth-order valence-electron chi connectivity index (χ4n) is 1.68. The Hall–Kier alpha value is -0.760. The number of benzene rings is 1. The van der Waals surface area contributed by atoms with E-state index in [2.05, 4.69) is 8.72 Å². The van der Waals surface area contributed by atoms with Crippen LogP contribution >= 0.6 is 10.3 Å². The summed E-state index contributed by atoms with van der Waals surface area (Å²) >= 11 is 0. The van der Waals surface area contributed by atoms with Gasteiger partial charge >= 0.3 is 0 Å². The maximum atomic E-state index is 10.7. The van der Waals surface area contributed by atoms with Crippen molar-refractivity contribution in [3.63, 3.8) is 0 Å². The first-order chi connectivity index (χ1) is 7.80. The molecule has 1 aromatic heterocycles. The van der Waals surface area contributed by atoms with Crippen molar-refractivity contribution >= 4 is 21.2 Å². The number of fused-ring (bicyclic) bond motifs is 1. The van der Waals surface area contributed by atoms with Crippen LogP contribution in [0, 0.1) is 10.2 Å². The third kappa shape index (κ3) is 2.74. The van der Waals surface area contributed by atoms with E-state index in [9.17, 15) is 14.0 Å². The molecule has 1 aromatic carbocycles. The molecular weight excluding hydrogens is 266 g/mol. The van der Waals surface area contributed by atoms with Crippen LogP contribution in [-0.4, -0.2) is 17.5 Å². The molecule has 94 valence electrons. The molecule has 0 radical (unpaired) electrons. The molecule has 0 saturated heterocycles. The number of aromatic nitrogens is 1. The Morgan fingerprint density at radius 3 is 2.47 bits per heavy atom. The van der Waals surface area contributed by atoms with Crippen LogP contribution in [0.5, 0.6) is 0 Å². The number of para-hydroxylation sites is 1. The third-order valence-electron chi connectivity index (χ3n) is 2.32. The lowest BCUT2D eigenvalue weighted by atomic mass is 10.2. The lowest BCUT2D eigenvalue weighted by molar-refractivity contribution is -1.91. The van der Waals surface area contributed by atoms with E-state index in [4.69, 9.17) is 0 Å². The molecule has 0 aliphatic rings. The quantitative estimate of drug-likeness (QED) is 0.812. The van der Waals surface area contributed by atoms with E-state index in [1.165, 1.54) is 0 Å². The van der Waals surface area contributed by atoms with Gasteiger partial charge < -0.3 is 4.98 Å². The van der Waals surface area contributed by atoms with Crippen molar-refractivity contribution in [1.82, 2.24) is 4.98 Å². The average molecular weight is 278 g/mol. The molecule has 1 N–H and O–H groups in total. The van der Waals surface area contributed by atoms with Gasteiger partial charge in [0.2, 0.25) is 0 Å². The maximum absolute atomic E-state index is 10.7. The van der Waals surface area contributed by atoms with E-state index in [1.54, 1.807) is 18.7 Å². The van der Waals surface area contributed by atoms with Gasteiger partial charge in [-0.25, -0.2) is 0 Å². The molecule has 2 rings (SSSR count). The Morgan fingerprint density at radius 1 is 1.18 bits per heavy atom. The van der Waals surface area contributed by atoms with Crippen LogP contribution in [0.3, 0.4) is 0 Å². The Balaban J connectivity index is 2.45. The lowest BCUT2D eigenvalue weighted by Crippen LogP contribution is -2.61. The molecule has 0 amide bonds. The molecule has 0 fully saturated rings. The highest BCUT2D eigenvalue weighted by atomic mass is 35.7. The van der Waals surface area contributed by atoms with Crippen molar-refractivity contribution in [1.29, 1.82) is 0 Å². The second kappa shape index (κ2) is 4.16. The van der Waals surface area contributed by atoms with Crippen molar-refractivity contribution in [2.75, 3.05) is 12.5 Å². The Kier molecular flexibility index (Phi) is 3.11. The summed E-state index contributed by atoms with van der Waals surface area (Å²) in [6, 6.07) is 7.44. The molecule has 0 saturated carbocycles. The van der Waals surface area contributed by atoms with Crippen molar-refractivity contribution in [2.45, 2.75) is 4.90 Å². The van der Waals surface area contributed by atoms with Crippen molar-refractivity contribution in [2.24, 2.45) is 0 Å². The largest absolute Gasteiger partial charge is 0.360 e. The molecule has 1 heterocycles. The van der Waals surface area contributed by atoms with Gasteiger partial charge in [0.1, 0.15) is 3.74 Å². The van der Waals surface area contributed by atoms with Gasteiger partial charge in [0.15, 0.2) is 0 Å². The van der Waals surface area contributed by atoms with Gasteiger partial charge in [-0.3, -0.25) is 0 Å². The molecule has 17 heavy (non-hydrogen) atoms. The highest BCUT2D eigenvalue weighted by Gasteiger charge is 2.35. The fourth-order valence-corrected chi connectivity index (χ4v) is 4.54. The Labute approximate surface area is 102 Å². The normalized spacial score (nSPS) is 14.2. The average Bonchev–Trinajstić information content (AvgIpc) is 2.57. The summed E-state index contributed by atoms with van der Waals surface area (Å²) in [5.41, 5.74) is 0.881. The van der Waals surface area contributed by atoms with Gasteiger partial charge in [0.25, 0.3) is 0 Å². The number of aromatic amines is 1. The third-order valence-corrected chi connectivity index (χ3v) is 5.59. The highest BCUT2D eigenvalue weighted by Crippen LogP contribution is 2.54. The number of nitrogens with one attached hydrogen (secondary N) is 1. The van der Waals surface area contributed by atoms with Crippen LogP contribution in [0.15, 0.2) is 35.4 Å². The van der Waals surface area contributed by atoms with Crippen LogP contribution in [-0.2, 0) is 3.74 Å². The first-order valence-electron chi connectivity index (χ1n) is 4.71. The minimum absolute atomic E-state index is 0.708. The topological polar surface area (TPSA) is 94.2 Å². The van der Waals surface area contributed by atoms with Crippen LogP contribution in [0.2, 0.25) is 0 Å². The van der Waals surface area contributed by atoms with Gasteiger partial charge in [-0.2, -0.15) is 14.0 Å². The van der Waals surface area contributed by atoms with E-state index in [0.29, 0.717) is 4.90 Å². The summed E-state index contributed by atoms with van der Waals surface area (Å²) in [7, 11) is -6.57. The minimum Gasteiger partial charge on any atom is -0.360 e. The zero-order valence-electron chi connectivity index (χ0n) is 9.31. The van der Waals surface area contributed by atoms with Crippen molar-refractivity contribution in [3.05, 3.63) is 30.5 Å². The summed E-state index contributed by atoms with van der Waals surface area (Å²) in [6.45, 7) is 0. The summed E-state index contributed by atoms with van der Waals surface area (Å²) in [4.78, 5) is 3.73. The van der Waals surface area contributed by atoms with Crippen LogP contribution in [0.4, 0.5) is 0 Å². The van der Waals surface area contributed by atoms with Crippen molar-refractivity contribution < 1.29 is 28.0 Å². The van der Waals surface area contributed by atoms with Crippen molar-refractivity contribution in [3.8, 4) is 0 Å². The lowest BCUT2D eigenvalue weighted by Gasteiger charge is -2.26. The van der Waals surface area contributed by atoms with Gasteiger partial charge in [0, 0.05) is 39.9 Å². The summed E-state index contributed by atoms with van der Waals surface area (Å²) in [5.74, 6) is 0. The maximum Gasteiger partial charge on any atom is 0.125 e. The fraction of sp³-hybridized carbons (Fsp3) is 0.200. The summed E-state index contributed by atoms with van der Waals surface area (Å²) < 4.78 is 36.7. The van der Waals surface area contributed by atoms with E-state index in [-0.39, 0.29) is 0 Å². The van der Waals surface area contributed by atoms with Gasteiger partial charge in [-0.15, -0.1) is 0 Å². The number of H-pyrrole nitrogens is 1. The predicted molar refractivity (Wildman–Crippen MR) is 57.1 cm³/mol. The van der Waals surface area contributed by atoms with E-state index in [1.807, 2.05) is 24.3 Å². The molecule has 0 aliphatic carbocycles. The second-order valence-corrected chi connectivity index (χ2v) is 8.04.